The van der Waals surface area contributed by atoms with Crippen LogP contribution in [0.5, 0.6) is 0 Å². The van der Waals surface area contributed by atoms with Gasteiger partial charge in [0.1, 0.15) is 0 Å². The zero-order valence-corrected chi connectivity index (χ0v) is 16.3. The number of tetrazole rings is 2. The first kappa shape index (κ1) is 18.2. The van der Waals surface area contributed by atoms with Crippen LogP contribution in [0.1, 0.15) is 64.3 Å². The second-order valence-corrected chi connectivity index (χ2v) is 8.64. The summed E-state index contributed by atoms with van der Waals surface area (Å²) in [6.07, 6.45) is 0. The lowest BCUT2D eigenvalue weighted by atomic mass is 9.95. The summed E-state index contributed by atoms with van der Waals surface area (Å²) in [5, 5.41) is 24.2. The third-order valence-electron chi connectivity index (χ3n) is 4.09. The first-order valence-electron chi connectivity index (χ1n) is 8.76. The molecule has 0 fully saturated rings. The monoisotopic (exact) mass is 354 g/mol. The molecule has 0 aliphatic rings. The quantitative estimate of drug-likeness (QED) is 0.715. The number of rotatable bonds is 4. The van der Waals surface area contributed by atoms with Crippen molar-refractivity contribution in [3.05, 3.63) is 47.0 Å². The molecular weight excluding hydrogens is 328 g/mol. The van der Waals surface area contributed by atoms with Crippen LogP contribution in [0.25, 0.3) is 0 Å². The van der Waals surface area contributed by atoms with Crippen molar-refractivity contribution >= 4 is 0 Å². The summed E-state index contributed by atoms with van der Waals surface area (Å²) in [4.78, 5) is 0. The molecule has 26 heavy (non-hydrogen) atoms. The van der Waals surface area contributed by atoms with E-state index in [1.54, 1.807) is 0 Å². The Labute approximate surface area is 153 Å². The van der Waals surface area contributed by atoms with E-state index in [1.165, 1.54) is 0 Å². The van der Waals surface area contributed by atoms with Crippen molar-refractivity contribution < 1.29 is 0 Å². The van der Waals surface area contributed by atoms with Crippen molar-refractivity contribution in [1.82, 2.24) is 40.4 Å². The molecule has 0 amide bonds. The van der Waals surface area contributed by atoms with Gasteiger partial charge in [0.25, 0.3) is 0 Å². The molecule has 0 radical (unpaired) electrons. The highest BCUT2D eigenvalue weighted by Gasteiger charge is 2.23. The second kappa shape index (κ2) is 6.59. The Morgan fingerprint density at radius 1 is 0.654 bits per heavy atom. The molecule has 0 atom stereocenters. The van der Waals surface area contributed by atoms with Crippen molar-refractivity contribution in [2.24, 2.45) is 0 Å². The molecule has 0 spiro atoms. The third kappa shape index (κ3) is 3.95. The predicted molar refractivity (Wildman–Crippen MR) is 97.7 cm³/mol. The van der Waals surface area contributed by atoms with E-state index in [0.29, 0.717) is 13.1 Å². The SMILES string of the molecule is CC(C)(C)c1nnnn1Cc1ccc(Cn2nnnc2C(C)(C)C)cc1. The summed E-state index contributed by atoms with van der Waals surface area (Å²) in [5.74, 6) is 1.76. The molecule has 0 bridgehead atoms. The molecule has 3 rings (SSSR count). The second-order valence-electron chi connectivity index (χ2n) is 8.64. The molecule has 138 valence electrons. The molecule has 0 aliphatic heterocycles. The summed E-state index contributed by atoms with van der Waals surface area (Å²) in [6, 6.07) is 8.41. The predicted octanol–water partition coefficient (Wildman–Crippen LogP) is 2.35. The van der Waals surface area contributed by atoms with E-state index in [4.69, 9.17) is 0 Å². The number of nitrogens with zero attached hydrogens (tertiary/aromatic N) is 8. The summed E-state index contributed by atoms with van der Waals surface area (Å²) in [5.41, 5.74) is 2.12. The molecule has 0 unspecified atom stereocenters. The molecule has 0 saturated heterocycles. The van der Waals surface area contributed by atoms with Crippen LogP contribution in [-0.2, 0) is 23.9 Å². The van der Waals surface area contributed by atoms with Gasteiger partial charge in [0.15, 0.2) is 11.6 Å². The van der Waals surface area contributed by atoms with Gasteiger partial charge in [-0.3, -0.25) is 0 Å². The van der Waals surface area contributed by atoms with Crippen molar-refractivity contribution in [3.8, 4) is 0 Å². The zero-order chi connectivity index (χ0) is 18.9. The minimum absolute atomic E-state index is 0.0904. The Morgan fingerprint density at radius 3 is 1.31 bits per heavy atom. The molecule has 0 aliphatic carbocycles. The molecule has 0 saturated carbocycles. The minimum atomic E-state index is -0.0904. The van der Waals surface area contributed by atoms with Crippen molar-refractivity contribution in [1.29, 1.82) is 0 Å². The Hall–Kier alpha value is -2.64. The van der Waals surface area contributed by atoms with Crippen molar-refractivity contribution in [2.45, 2.75) is 65.5 Å². The fourth-order valence-electron chi connectivity index (χ4n) is 2.79. The summed E-state index contributed by atoms with van der Waals surface area (Å²) < 4.78 is 3.71. The van der Waals surface area contributed by atoms with Crippen LogP contribution in [0.4, 0.5) is 0 Å². The molecule has 1 aromatic carbocycles. The van der Waals surface area contributed by atoms with Crippen LogP contribution < -0.4 is 0 Å². The van der Waals surface area contributed by atoms with Gasteiger partial charge in [0.2, 0.25) is 0 Å². The highest BCUT2D eigenvalue weighted by atomic mass is 15.5. The number of aromatic nitrogens is 8. The molecule has 3 aromatic rings. The summed E-state index contributed by atoms with van der Waals surface area (Å²) in [6.45, 7) is 14.0. The van der Waals surface area contributed by atoms with Gasteiger partial charge in [-0.25, -0.2) is 9.36 Å². The lowest BCUT2D eigenvalue weighted by Crippen LogP contribution is -2.20. The van der Waals surface area contributed by atoms with Crippen LogP contribution in [0.2, 0.25) is 0 Å². The first-order valence-corrected chi connectivity index (χ1v) is 8.76. The van der Waals surface area contributed by atoms with E-state index >= 15 is 0 Å². The summed E-state index contributed by atoms with van der Waals surface area (Å²) >= 11 is 0. The summed E-state index contributed by atoms with van der Waals surface area (Å²) in [7, 11) is 0. The van der Waals surface area contributed by atoms with E-state index in [1.807, 2.05) is 9.36 Å². The maximum atomic E-state index is 4.16. The van der Waals surface area contributed by atoms with E-state index in [-0.39, 0.29) is 10.8 Å². The van der Waals surface area contributed by atoms with Crippen LogP contribution in [0, 0.1) is 0 Å². The van der Waals surface area contributed by atoms with Gasteiger partial charge in [0, 0.05) is 10.8 Å². The number of hydrogen-bond donors (Lipinski definition) is 0. The number of hydrogen-bond acceptors (Lipinski definition) is 6. The Morgan fingerprint density at radius 2 is 1.00 bits per heavy atom. The third-order valence-corrected chi connectivity index (χ3v) is 4.09. The maximum Gasteiger partial charge on any atom is 0.156 e. The van der Waals surface area contributed by atoms with Crippen molar-refractivity contribution in [2.75, 3.05) is 0 Å². The zero-order valence-electron chi connectivity index (χ0n) is 16.3. The average Bonchev–Trinajstić information content (AvgIpc) is 3.17. The Balaban J connectivity index is 1.74. The maximum absolute atomic E-state index is 4.16. The van der Waals surface area contributed by atoms with E-state index in [9.17, 15) is 0 Å². The van der Waals surface area contributed by atoms with Gasteiger partial charge in [-0.1, -0.05) is 65.8 Å². The largest absolute Gasteiger partial charge is 0.225 e. The molecular formula is C18H26N8. The van der Waals surface area contributed by atoms with Gasteiger partial charge in [-0.2, -0.15) is 0 Å². The number of benzene rings is 1. The topological polar surface area (TPSA) is 87.2 Å². The van der Waals surface area contributed by atoms with Gasteiger partial charge < -0.3 is 0 Å². The Kier molecular flexibility index (Phi) is 4.60. The molecule has 2 heterocycles. The fraction of sp³-hybridized carbons (Fsp3) is 0.556. The van der Waals surface area contributed by atoms with Crippen molar-refractivity contribution in [3.63, 3.8) is 0 Å². The van der Waals surface area contributed by atoms with E-state index in [2.05, 4.69) is 96.9 Å². The smallest absolute Gasteiger partial charge is 0.156 e. The van der Waals surface area contributed by atoms with Crippen LogP contribution in [0.15, 0.2) is 24.3 Å². The average molecular weight is 354 g/mol. The molecule has 8 heteroatoms. The highest BCUT2D eigenvalue weighted by Crippen LogP contribution is 2.21. The Bertz CT molecular complexity index is 788. The lowest BCUT2D eigenvalue weighted by molar-refractivity contribution is 0.488. The van der Waals surface area contributed by atoms with Gasteiger partial charge >= 0.3 is 0 Å². The molecule has 2 aromatic heterocycles. The minimum Gasteiger partial charge on any atom is -0.225 e. The normalized spacial score (nSPS) is 12.5. The fourth-order valence-corrected chi connectivity index (χ4v) is 2.79. The van der Waals surface area contributed by atoms with E-state index in [0.717, 1.165) is 22.8 Å². The molecule has 8 nitrogen and oxygen atoms in total. The van der Waals surface area contributed by atoms with Crippen LogP contribution in [-0.4, -0.2) is 40.4 Å². The van der Waals surface area contributed by atoms with Gasteiger partial charge in [0.05, 0.1) is 13.1 Å². The van der Waals surface area contributed by atoms with Gasteiger partial charge in [-0.05, 0) is 32.0 Å². The standard InChI is InChI=1S/C18H26N8/c1-17(2,3)15-19-21-23-25(15)11-13-7-9-14(10-8-13)12-26-16(18(4,5)6)20-22-24-26/h7-10H,11-12H2,1-6H3. The van der Waals surface area contributed by atoms with E-state index < -0.39 is 0 Å². The first-order chi connectivity index (χ1) is 12.1. The van der Waals surface area contributed by atoms with Crippen LogP contribution in [0.3, 0.4) is 0 Å². The molecule has 0 N–H and O–H groups in total. The highest BCUT2D eigenvalue weighted by molar-refractivity contribution is 5.23. The van der Waals surface area contributed by atoms with Gasteiger partial charge in [-0.15, -0.1) is 10.2 Å². The lowest BCUT2D eigenvalue weighted by Gasteiger charge is -2.18. The van der Waals surface area contributed by atoms with Crippen LogP contribution >= 0.6 is 0 Å².